The number of amides is 1. The number of halogens is 1. The van der Waals surface area contributed by atoms with E-state index in [9.17, 15) is 14.9 Å². The molecule has 1 heterocycles. The van der Waals surface area contributed by atoms with Gasteiger partial charge in [-0.2, -0.15) is 4.99 Å². The van der Waals surface area contributed by atoms with Gasteiger partial charge in [0, 0.05) is 17.1 Å². The molecule has 0 aliphatic rings. The number of nitrogens with zero attached hydrogens (tertiary/aromatic N) is 3. The van der Waals surface area contributed by atoms with Crippen molar-refractivity contribution in [2.75, 3.05) is 0 Å². The Morgan fingerprint density at radius 2 is 2.04 bits per heavy atom. The van der Waals surface area contributed by atoms with Crippen molar-refractivity contribution in [2.24, 2.45) is 4.99 Å². The van der Waals surface area contributed by atoms with E-state index in [0.29, 0.717) is 11.3 Å². The number of rotatable bonds is 3. The molecule has 122 valence electrons. The van der Waals surface area contributed by atoms with Gasteiger partial charge in [-0.05, 0) is 41.1 Å². The van der Waals surface area contributed by atoms with Crippen LogP contribution in [0.5, 0.6) is 0 Å². The number of nitro benzene ring substituents is 1. The van der Waals surface area contributed by atoms with Crippen LogP contribution in [0.3, 0.4) is 0 Å². The molecule has 0 bridgehead atoms. The number of hydrogen-bond acceptors (Lipinski definition) is 4. The van der Waals surface area contributed by atoms with E-state index in [0.717, 1.165) is 14.7 Å². The average molecular weight is 406 g/mol. The summed E-state index contributed by atoms with van der Waals surface area (Å²) in [6, 6.07) is 11.6. The molecule has 0 radical (unpaired) electrons. The van der Waals surface area contributed by atoms with Gasteiger partial charge in [-0.15, -0.1) is 0 Å². The van der Waals surface area contributed by atoms with Crippen LogP contribution in [0.2, 0.25) is 0 Å². The topological polar surface area (TPSA) is 77.5 Å². The molecule has 0 unspecified atom stereocenters. The number of thiazole rings is 1. The van der Waals surface area contributed by atoms with Crippen molar-refractivity contribution in [2.45, 2.75) is 13.5 Å². The number of aromatic nitrogens is 1. The molecule has 6 nitrogen and oxygen atoms in total. The van der Waals surface area contributed by atoms with Crippen molar-refractivity contribution in [3.05, 3.63) is 67.4 Å². The Morgan fingerprint density at radius 3 is 2.75 bits per heavy atom. The van der Waals surface area contributed by atoms with Gasteiger partial charge in [0.2, 0.25) is 0 Å². The van der Waals surface area contributed by atoms with E-state index in [2.05, 4.69) is 20.9 Å². The van der Waals surface area contributed by atoms with Crippen LogP contribution >= 0.6 is 27.3 Å². The zero-order valence-electron chi connectivity index (χ0n) is 12.6. The van der Waals surface area contributed by atoms with Crippen LogP contribution in [0.4, 0.5) is 5.69 Å². The Bertz CT molecular complexity index is 1020. The third kappa shape index (κ3) is 2.90. The summed E-state index contributed by atoms with van der Waals surface area (Å²) in [6.07, 6.45) is 0. The fourth-order valence-corrected chi connectivity index (χ4v) is 4.26. The second-order valence-electron chi connectivity index (χ2n) is 4.91. The standard InChI is InChI=1S/C16H12BrN3O3S/c1-2-19-14-11(17)7-5-9-13(14)24-16(19)18-15(21)10-6-3-4-8-12(10)20(22)23/h3-9H,2H2,1H3. The summed E-state index contributed by atoms with van der Waals surface area (Å²) >= 11 is 4.89. The average Bonchev–Trinajstić information content (AvgIpc) is 2.93. The molecule has 2 aromatic carbocycles. The maximum Gasteiger partial charge on any atom is 0.286 e. The molecule has 0 saturated heterocycles. The van der Waals surface area contributed by atoms with E-state index in [-0.39, 0.29) is 11.3 Å². The molecule has 0 N–H and O–H groups in total. The molecule has 0 aliphatic heterocycles. The fourth-order valence-electron chi connectivity index (χ4n) is 2.43. The molecule has 0 atom stereocenters. The molecule has 1 aromatic heterocycles. The van der Waals surface area contributed by atoms with Crippen molar-refractivity contribution in [3.63, 3.8) is 0 Å². The van der Waals surface area contributed by atoms with Gasteiger partial charge >= 0.3 is 0 Å². The quantitative estimate of drug-likeness (QED) is 0.485. The van der Waals surface area contributed by atoms with Crippen LogP contribution in [0.25, 0.3) is 10.2 Å². The summed E-state index contributed by atoms with van der Waals surface area (Å²) in [5.41, 5.74) is 0.706. The fraction of sp³-hybridized carbons (Fsp3) is 0.125. The van der Waals surface area contributed by atoms with E-state index in [1.54, 1.807) is 6.07 Å². The van der Waals surface area contributed by atoms with E-state index in [4.69, 9.17) is 0 Å². The zero-order valence-corrected chi connectivity index (χ0v) is 15.0. The van der Waals surface area contributed by atoms with E-state index >= 15 is 0 Å². The minimum atomic E-state index is -0.618. The lowest BCUT2D eigenvalue weighted by Crippen LogP contribution is -2.16. The lowest BCUT2D eigenvalue weighted by molar-refractivity contribution is -0.385. The van der Waals surface area contributed by atoms with Crippen LogP contribution in [0.1, 0.15) is 17.3 Å². The van der Waals surface area contributed by atoms with E-state index in [1.165, 1.54) is 29.5 Å². The van der Waals surface area contributed by atoms with Gasteiger partial charge in [0.25, 0.3) is 11.6 Å². The van der Waals surface area contributed by atoms with Gasteiger partial charge < -0.3 is 4.57 Å². The summed E-state index contributed by atoms with van der Waals surface area (Å²) in [5, 5.41) is 11.1. The molecule has 0 spiro atoms. The number of carbonyl (C=O) groups is 1. The first kappa shape index (κ1) is 16.5. The molecule has 0 fully saturated rings. The van der Waals surface area contributed by atoms with Crippen LogP contribution < -0.4 is 4.80 Å². The highest BCUT2D eigenvalue weighted by molar-refractivity contribution is 9.10. The molecular weight excluding hydrogens is 394 g/mol. The largest absolute Gasteiger partial charge is 0.316 e. The van der Waals surface area contributed by atoms with Crippen molar-refractivity contribution < 1.29 is 9.72 Å². The van der Waals surface area contributed by atoms with Crippen molar-refractivity contribution in [1.29, 1.82) is 0 Å². The smallest absolute Gasteiger partial charge is 0.286 e. The molecule has 0 aliphatic carbocycles. The molecule has 3 aromatic rings. The highest BCUT2D eigenvalue weighted by atomic mass is 79.9. The van der Waals surface area contributed by atoms with Crippen molar-refractivity contribution in [3.8, 4) is 0 Å². The van der Waals surface area contributed by atoms with Gasteiger partial charge in [-0.25, -0.2) is 0 Å². The number of aryl methyl sites for hydroxylation is 1. The number of benzene rings is 2. The maximum absolute atomic E-state index is 12.5. The SMILES string of the molecule is CCn1c(=NC(=O)c2ccccc2[N+](=O)[O-])sc2cccc(Br)c21. The number of nitro groups is 1. The second-order valence-corrected chi connectivity index (χ2v) is 6.77. The molecular formula is C16H12BrN3O3S. The predicted octanol–water partition coefficient (Wildman–Crippen LogP) is 4.13. The van der Waals surface area contributed by atoms with Gasteiger partial charge in [0.1, 0.15) is 5.56 Å². The third-order valence-corrected chi connectivity index (χ3v) is 5.18. The minimum absolute atomic E-state index is 0.0123. The molecule has 0 saturated carbocycles. The van der Waals surface area contributed by atoms with Crippen LogP contribution in [0, 0.1) is 10.1 Å². The summed E-state index contributed by atoms with van der Waals surface area (Å²) in [7, 11) is 0. The van der Waals surface area contributed by atoms with Crippen LogP contribution in [0.15, 0.2) is 51.9 Å². The highest BCUT2D eigenvalue weighted by Crippen LogP contribution is 2.26. The van der Waals surface area contributed by atoms with Crippen LogP contribution in [-0.4, -0.2) is 15.4 Å². The Balaban J connectivity index is 2.19. The predicted molar refractivity (Wildman–Crippen MR) is 96.2 cm³/mol. The number of hydrogen-bond donors (Lipinski definition) is 0. The molecule has 8 heteroatoms. The van der Waals surface area contributed by atoms with E-state index in [1.807, 2.05) is 29.7 Å². The van der Waals surface area contributed by atoms with Gasteiger partial charge in [0.05, 0.1) is 15.1 Å². The molecule has 24 heavy (non-hydrogen) atoms. The maximum atomic E-state index is 12.5. The number of para-hydroxylation sites is 2. The zero-order chi connectivity index (χ0) is 17.3. The van der Waals surface area contributed by atoms with E-state index < -0.39 is 10.8 Å². The molecule has 3 rings (SSSR count). The normalized spacial score (nSPS) is 11.8. The van der Waals surface area contributed by atoms with Crippen LogP contribution in [-0.2, 0) is 6.54 Å². The Morgan fingerprint density at radius 1 is 1.29 bits per heavy atom. The number of fused-ring (bicyclic) bond motifs is 1. The lowest BCUT2D eigenvalue weighted by atomic mass is 10.2. The number of carbonyl (C=O) groups excluding carboxylic acids is 1. The summed E-state index contributed by atoms with van der Waals surface area (Å²) in [4.78, 5) is 27.7. The lowest BCUT2D eigenvalue weighted by Gasteiger charge is -2.02. The molecule has 1 amide bonds. The van der Waals surface area contributed by atoms with Crippen molar-refractivity contribution in [1.82, 2.24) is 4.57 Å². The summed E-state index contributed by atoms with van der Waals surface area (Å²) in [5.74, 6) is -0.618. The Hall–Kier alpha value is -2.32. The third-order valence-electron chi connectivity index (χ3n) is 3.50. The van der Waals surface area contributed by atoms with Gasteiger partial charge in [-0.1, -0.05) is 29.5 Å². The van der Waals surface area contributed by atoms with Crippen molar-refractivity contribution >= 4 is 49.1 Å². The summed E-state index contributed by atoms with van der Waals surface area (Å²) < 4.78 is 3.81. The van der Waals surface area contributed by atoms with Gasteiger partial charge in [-0.3, -0.25) is 14.9 Å². The monoisotopic (exact) mass is 405 g/mol. The highest BCUT2D eigenvalue weighted by Gasteiger charge is 2.19. The Kier molecular flexibility index (Phi) is 4.59. The summed E-state index contributed by atoms with van der Waals surface area (Å²) in [6.45, 7) is 2.59. The minimum Gasteiger partial charge on any atom is -0.316 e. The first-order valence-electron chi connectivity index (χ1n) is 7.13. The first-order valence-corrected chi connectivity index (χ1v) is 8.74. The van der Waals surface area contributed by atoms with Gasteiger partial charge in [0.15, 0.2) is 4.80 Å². The Labute approximate surface area is 149 Å². The first-order chi connectivity index (χ1) is 11.5. The second kappa shape index (κ2) is 6.66.